The Morgan fingerprint density at radius 1 is 1.22 bits per heavy atom. The largest absolute Gasteiger partial charge is 0.302 e. The van der Waals surface area contributed by atoms with E-state index in [1.807, 2.05) is 23.2 Å². The van der Waals surface area contributed by atoms with E-state index >= 15 is 0 Å². The van der Waals surface area contributed by atoms with Crippen molar-refractivity contribution >= 4 is 33.4 Å². The Morgan fingerprint density at radius 2 is 1.96 bits per heavy atom. The molecule has 0 aliphatic rings. The molecule has 0 saturated carbocycles. The lowest BCUT2D eigenvalue weighted by molar-refractivity contribution is -0.116. The van der Waals surface area contributed by atoms with Crippen LogP contribution in [0, 0.1) is 13.8 Å². The summed E-state index contributed by atoms with van der Waals surface area (Å²) in [5.41, 5.74) is 5.18. The van der Waals surface area contributed by atoms with Crippen molar-refractivity contribution in [1.29, 1.82) is 0 Å². The average molecular weight is 386 g/mol. The molecule has 0 unspecified atom stereocenters. The van der Waals surface area contributed by atoms with Gasteiger partial charge in [-0.25, -0.2) is 14.6 Å². The molecule has 3 aromatic heterocycles. The first-order chi connectivity index (χ1) is 12.8. The van der Waals surface area contributed by atoms with E-state index in [-0.39, 0.29) is 11.9 Å². The molecule has 144 valence electrons. The Labute approximate surface area is 164 Å². The molecule has 0 aliphatic carbocycles. The van der Waals surface area contributed by atoms with Gasteiger partial charge in [0.2, 0.25) is 5.91 Å². The maximum Gasteiger partial charge on any atom is 0.226 e. The number of aryl methyl sites for hydroxylation is 2. The van der Waals surface area contributed by atoms with Crippen LogP contribution in [0.15, 0.2) is 11.6 Å². The van der Waals surface area contributed by atoms with E-state index in [9.17, 15) is 4.79 Å². The van der Waals surface area contributed by atoms with E-state index in [4.69, 9.17) is 4.98 Å². The second kappa shape index (κ2) is 7.76. The van der Waals surface area contributed by atoms with Gasteiger partial charge in [0.05, 0.1) is 11.9 Å². The second-order valence-corrected chi connectivity index (χ2v) is 8.36. The van der Waals surface area contributed by atoms with Crippen LogP contribution in [0.5, 0.6) is 0 Å². The van der Waals surface area contributed by atoms with Crippen LogP contribution in [0.4, 0.5) is 5.13 Å². The van der Waals surface area contributed by atoms with E-state index in [0.29, 0.717) is 23.9 Å². The molecule has 0 spiro atoms. The predicted molar refractivity (Wildman–Crippen MR) is 111 cm³/mol. The average Bonchev–Trinajstić information content (AvgIpc) is 3.21. The van der Waals surface area contributed by atoms with Crippen molar-refractivity contribution < 1.29 is 4.79 Å². The molecule has 6 nitrogen and oxygen atoms in total. The molecule has 0 saturated heterocycles. The first-order valence-corrected chi connectivity index (χ1v) is 10.2. The summed E-state index contributed by atoms with van der Waals surface area (Å²) in [6.07, 6.45) is 2.94. The number of nitrogens with one attached hydrogen (secondary N) is 1. The third-order valence-corrected chi connectivity index (χ3v) is 5.56. The summed E-state index contributed by atoms with van der Waals surface area (Å²) in [6, 6.07) is 0.263. The monoisotopic (exact) mass is 385 g/mol. The van der Waals surface area contributed by atoms with E-state index in [1.165, 1.54) is 11.3 Å². The summed E-state index contributed by atoms with van der Waals surface area (Å²) >= 11 is 1.48. The van der Waals surface area contributed by atoms with Gasteiger partial charge in [-0.05, 0) is 51.2 Å². The first kappa shape index (κ1) is 19.5. The minimum absolute atomic E-state index is 0.0172. The maximum absolute atomic E-state index is 12.4. The molecular formula is C20H27N5OS. The zero-order valence-corrected chi connectivity index (χ0v) is 17.6. The number of thiazole rings is 1. The third-order valence-electron chi connectivity index (χ3n) is 4.79. The number of nitrogens with zero attached hydrogens (tertiary/aromatic N) is 4. The molecular weight excluding hydrogens is 358 g/mol. The Kier molecular flexibility index (Phi) is 5.60. The molecule has 1 amide bonds. The van der Waals surface area contributed by atoms with Crippen molar-refractivity contribution in [3.05, 3.63) is 34.1 Å². The van der Waals surface area contributed by atoms with Gasteiger partial charge in [0, 0.05) is 28.9 Å². The summed E-state index contributed by atoms with van der Waals surface area (Å²) in [5.74, 6) is 0.346. The highest BCUT2D eigenvalue weighted by Gasteiger charge is 2.16. The van der Waals surface area contributed by atoms with Gasteiger partial charge in [0.15, 0.2) is 10.8 Å². The highest BCUT2D eigenvalue weighted by atomic mass is 32.1. The van der Waals surface area contributed by atoms with Crippen molar-refractivity contribution in [3.8, 4) is 0 Å². The van der Waals surface area contributed by atoms with Gasteiger partial charge in [-0.2, -0.15) is 5.10 Å². The zero-order valence-electron chi connectivity index (χ0n) is 16.8. The summed E-state index contributed by atoms with van der Waals surface area (Å²) < 4.78 is 1.95. The third kappa shape index (κ3) is 4.03. The van der Waals surface area contributed by atoms with Crippen molar-refractivity contribution in [2.24, 2.45) is 0 Å². The molecule has 7 heteroatoms. The quantitative estimate of drug-likeness (QED) is 0.663. The standard InChI is InChI=1S/C20H27N5OS/c1-11(2)17-10-27-20(23-17)24-18(26)8-7-15-13(5)16-9-21-25(12(3)4)19(16)22-14(15)6/h9-12H,7-8H2,1-6H3,(H,23,24,26). The molecule has 0 bridgehead atoms. The molecule has 3 heterocycles. The number of carbonyl (C=O) groups is 1. The number of aromatic nitrogens is 4. The number of anilines is 1. The fourth-order valence-electron chi connectivity index (χ4n) is 3.17. The second-order valence-electron chi connectivity index (χ2n) is 7.50. The molecule has 0 aliphatic heterocycles. The van der Waals surface area contributed by atoms with Crippen LogP contribution in [0.2, 0.25) is 0 Å². The topological polar surface area (TPSA) is 72.7 Å². The minimum Gasteiger partial charge on any atom is -0.302 e. The van der Waals surface area contributed by atoms with E-state index in [2.05, 4.69) is 50.0 Å². The minimum atomic E-state index is -0.0172. The molecule has 3 rings (SSSR count). The fourth-order valence-corrected chi connectivity index (χ4v) is 4.06. The zero-order chi connectivity index (χ0) is 19.7. The van der Waals surface area contributed by atoms with Crippen LogP contribution in [0.3, 0.4) is 0 Å². The number of carbonyl (C=O) groups excluding carboxylic acids is 1. The van der Waals surface area contributed by atoms with E-state index < -0.39 is 0 Å². The van der Waals surface area contributed by atoms with Crippen LogP contribution >= 0.6 is 11.3 Å². The smallest absolute Gasteiger partial charge is 0.226 e. The van der Waals surface area contributed by atoms with E-state index in [0.717, 1.165) is 33.5 Å². The van der Waals surface area contributed by atoms with Gasteiger partial charge in [-0.15, -0.1) is 11.3 Å². The Balaban J connectivity index is 1.73. The summed E-state index contributed by atoms with van der Waals surface area (Å²) in [5, 5.41) is 11.1. The van der Waals surface area contributed by atoms with Gasteiger partial charge >= 0.3 is 0 Å². The Hall–Kier alpha value is -2.28. The molecule has 0 aromatic carbocycles. The predicted octanol–water partition coefficient (Wildman–Crippen LogP) is 4.78. The van der Waals surface area contributed by atoms with Gasteiger partial charge in [-0.1, -0.05) is 13.8 Å². The lowest BCUT2D eigenvalue weighted by Crippen LogP contribution is -2.13. The normalized spacial score (nSPS) is 11.7. The molecule has 27 heavy (non-hydrogen) atoms. The number of rotatable bonds is 6. The number of amides is 1. The van der Waals surface area contributed by atoms with Gasteiger partial charge in [-0.3, -0.25) is 4.79 Å². The summed E-state index contributed by atoms with van der Waals surface area (Å²) in [6.45, 7) is 12.5. The Bertz CT molecular complexity index is 970. The van der Waals surface area contributed by atoms with Gasteiger partial charge < -0.3 is 5.32 Å². The van der Waals surface area contributed by atoms with Crippen molar-refractivity contribution in [3.63, 3.8) is 0 Å². The molecule has 0 fully saturated rings. The molecule has 1 N–H and O–H groups in total. The van der Waals surface area contributed by atoms with Gasteiger partial charge in [0.1, 0.15) is 0 Å². The Morgan fingerprint density at radius 3 is 2.59 bits per heavy atom. The van der Waals surface area contributed by atoms with Crippen LogP contribution in [0.1, 0.15) is 68.6 Å². The van der Waals surface area contributed by atoms with Crippen LogP contribution in [-0.2, 0) is 11.2 Å². The number of pyridine rings is 1. The SMILES string of the molecule is Cc1nc2c(cnn2C(C)C)c(C)c1CCC(=O)Nc1nc(C(C)C)cs1. The lowest BCUT2D eigenvalue weighted by atomic mass is 10.0. The number of hydrogen-bond donors (Lipinski definition) is 1. The van der Waals surface area contributed by atoms with Crippen molar-refractivity contribution in [1.82, 2.24) is 19.7 Å². The van der Waals surface area contributed by atoms with Crippen LogP contribution in [-0.4, -0.2) is 25.7 Å². The lowest BCUT2D eigenvalue weighted by Gasteiger charge is -2.12. The molecule has 0 radical (unpaired) electrons. The number of fused-ring (bicyclic) bond motifs is 1. The molecule has 3 aromatic rings. The first-order valence-electron chi connectivity index (χ1n) is 9.36. The van der Waals surface area contributed by atoms with Crippen LogP contribution in [0.25, 0.3) is 11.0 Å². The maximum atomic E-state index is 12.4. The van der Waals surface area contributed by atoms with Gasteiger partial charge in [0.25, 0.3) is 0 Å². The molecule has 0 atom stereocenters. The number of hydrogen-bond acceptors (Lipinski definition) is 5. The van der Waals surface area contributed by atoms with Crippen molar-refractivity contribution in [2.75, 3.05) is 5.32 Å². The van der Waals surface area contributed by atoms with Crippen LogP contribution < -0.4 is 5.32 Å². The summed E-state index contributed by atoms with van der Waals surface area (Å²) in [7, 11) is 0. The highest BCUT2D eigenvalue weighted by Crippen LogP contribution is 2.26. The van der Waals surface area contributed by atoms with Crippen molar-refractivity contribution in [2.45, 2.75) is 66.3 Å². The summed E-state index contributed by atoms with van der Waals surface area (Å²) in [4.78, 5) is 21.6. The van der Waals surface area contributed by atoms with E-state index in [1.54, 1.807) is 0 Å². The fraction of sp³-hybridized carbons (Fsp3) is 0.500. The highest BCUT2D eigenvalue weighted by molar-refractivity contribution is 7.13.